The standard InChI is InChI=1S/C25H26ClN3O6S2/c1-18-23(26)3-2-4-24(18)28-37(33,34)22-11-9-21(10-12-22)27-25(30)20-7-5-19(6-8-20)17-36(31,32)29-13-15-35-16-14-29/h2-12,28H,13-17H2,1H3,(H,27,30). The van der Waals surface area contributed by atoms with Crippen molar-refractivity contribution in [1.29, 1.82) is 0 Å². The highest BCUT2D eigenvalue weighted by Crippen LogP contribution is 2.26. The lowest BCUT2D eigenvalue weighted by molar-refractivity contribution is 0.0729. The average Bonchev–Trinajstić information content (AvgIpc) is 2.88. The largest absolute Gasteiger partial charge is 0.379 e. The van der Waals surface area contributed by atoms with Gasteiger partial charge in [0.1, 0.15) is 0 Å². The number of halogens is 1. The highest BCUT2D eigenvalue weighted by atomic mass is 35.5. The topological polar surface area (TPSA) is 122 Å². The van der Waals surface area contributed by atoms with Crippen LogP contribution in [0.1, 0.15) is 21.5 Å². The molecule has 12 heteroatoms. The van der Waals surface area contributed by atoms with Gasteiger partial charge in [0.05, 0.1) is 29.5 Å². The second-order valence-corrected chi connectivity index (χ2v) is 12.5. The van der Waals surface area contributed by atoms with Crippen molar-refractivity contribution >= 4 is 48.9 Å². The van der Waals surface area contributed by atoms with Gasteiger partial charge in [-0.15, -0.1) is 0 Å². The molecule has 0 aliphatic carbocycles. The number of rotatable bonds is 8. The smallest absolute Gasteiger partial charge is 0.261 e. The zero-order chi connectivity index (χ0) is 26.6. The second kappa shape index (κ2) is 11.2. The van der Waals surface area contributed by atoms with Crippen LogP contribution in [-0.4, -0.2) is 53.4 Å². The first-order valence-corrected chi connectivity index (χ1v) is 14.9. The summed E-state index contributed by atoms with van der Waals surface area (Å²) in [4.78, 5) is 12.7. The molecular formula is C25H26ClN3O6S2. The van der Waals surface area contributed by atoms with Crippen LogP contribution in [0.5, 0.6) is 0 Å². The molecule has 3 aromatic carbocycles. The van der Waals surface area contributed by atoms with Crippen LogP contribution in [0.25, 0.3) is 0 Å². The van der Waals surface area contributed by atoms with Crippen molar-refractivity contribution in [2.24, 2.45) is 0 Å². The molecule has 0 saturated carbocycles. The van der Waals surface area contributed by atoms with E-state index in [1.807, 2.05) is 0 Å². The number of nitrogens with one attached hydrogen (secondary N) is 2. The van der Waals surface area contributed by atoms with E-state index in [1.54, 1.807) is 49.4 Å². The molecule has 0 unspecified atom stereocenters. The van der Waals surface area contributed by atoms with E-state index in [-0.39, 0.29) is 10.6 Å². The fraction of sp³-hybridized carbons (Fsp3) is 0.240. The van der Waals surface area contributed by atoms with Gasteiger partial charge in [-0.1, -0.05) is 29.8 Å². The maximum atomic E-state index is 12.8. The molecule has 0 bridgehead atoms. The molecule has 1 heterocycles. The quantitative estimate of drug-likeness (QED) is 0.429. The van der Waals surface area contributed by atoms with E-state index in [0.29, 0.717) is 59.4 Å². The third-order valence-corrected chi connectivity index (χ3v) is 9.50. The lowest BCUT2D eigenvalue weighted by atomic mass is 10.1. The van der Waals surface area contributed by atoms with Gasteiger partial charge in [0, 0.05) is 29.4 Å². The van der Waals surface area contributed by atoms with Gasteiger partial charge in [0.2, 0.25) is 10.0 Å². The summed E-state index contributed by atoms with van der Waals surface area (Å²) in [5, 5.41) is 3.16. The van der Waals surface area contributed by atoms with Crippen LogP contribution in [0, 0.1) is 6.92 Å². The number of hydrogen-bond acceptors (Lipinski definition) is 6. The van der Waals surface area contributed by atoms with Crippen molar-refractivity contribution in [2.45, 2.75) is 17.6 Å². The Morgan fingerprint density at radius 3 is 2.24 bits per heavy atom. The molecule has 1 aliphatic heterocycles. The van der Waals surface area contributed by atoms with E-state index in [2.05, 4.69) is 10.0 Å². The van der Waals surface area contributed by atoms with E-state index in [9.17, 15) is 21.6 Å². The second-order valence-electron chi connectivity index (χ2n) is 8.46. The molecule has 1 saturated heterocycles. The number of sulfonamides is 2. The minimum absolute atomic E-state index is 0.0238. The Morgan fingerprint density at radius 2 is 1.59 bits per heavy atom. The summed E-state index contributed by atoms with van der Waals surface area (Å²) >= 11 is 6.07. The van der Waals surface area contributed by atoms with Crippen LogP contribution in [0.15, 0.2) is 71.6 Å². The number of anilines is 2. The summed E-state index contributed by atoms with van der Waals surface area (Å²) in [6, 6.07) is 17.0. The van der Waals surface area contributed by atoms with Crippen LogP contribution in [-0.2, 0) is 30.5 Å². The van der Waals surface area contributed by atoms with Gasteiger partial charge < -0.3 is 10.1 Å². The van der Waals surface area contributed by atoms with Gasteiger partial charge in [0.25, 0.3) is 15.9 Å². The Kier molecular flexibility index (Phi) is 8.20. The Labute approximate surface area is 221 Å². The van der Waals surface area contributed by atoms with Gasteiger partial charge >= 0.3 is 0 Å². The number of hydrogen-bond donors (Lipinski definition) is 2. The Morgan fingerprint density at radius 1 is 0.946 bits per heavy atom. The Bertz CT molecular complexity index is 1490. The van der Waals surface area contributed by atoms with E-state index in [4.69, 9.17) is 16.3 Å². The third kappa shape index (κ3) is 6.68. The monoisotopic (exact) mass is 563 g/mol. The molecule has 9 nitrogen and oxygen atoms in total. The average molecular weight is 564 g/mol. The predicted molar refractivity (Wildman–Crippen MR) is 143 cm³/mol. The highest BCUT2D eigenvalue weighted by molar-refractivity contribution is 7.92. The Balaban J connectivity index is 1.38. The molecule has 0 radical (unpaired) electrons. The summed E-state index contributed by atoms with van der Waals surface area (Å²) in [6.45, 7) is 3.14. The van der Waals surface area contributed by atoms with Gasteiger partial charge in [-0.2, -0.15) is 4.31 Å². The van der Waals surface area contributed by atoms with Gasteiger partial charge in [0.15, 0.2) is 0 Å². The van der Waals surface area contributed by atoms with Crippen molar-refractivity contribution in [3.63, 3.8) is 0 Å². The molecule has 1 aliphatic rings. The van der Waals surface area contributed by atoms with Crippen molar-refractivity contribution in [1.82, 2.24) is 4.31 Å². The van der Waals surface area contributed by atoms with Crippen LogP contribution < -0.4 is 10.0 Å². The lowest BCUT2D eigenvalue weighted by Crippen LogP contribution is -2.41. The molecule has 196 valence electrons. The minimum Gasteiger partial charge on any atom is -0.379 e. The molecule has 1 amide bonds. The molecule has 0 aromatic heterocycles. The first-order valence-electron chi connectivity index (χ1n) is 11.4. The number of amides is 1. The van der Waals surface area contributed by atoms with Crippen LogP contribution in [0.2, 0.25) is 5.02 Å². The number of ether oxygens (including phenoxy) is 1. The van der Waals surface area contributed by atoms with Gasteiger partial charge in [-0.05, 0) is 66.6 Å². The van der Waals surface area contributed by atoms with E-state index >= 15 is 0 Å². The SMILES string of the molecule is Cc1c(Cl)cccc1NS(=O)(=O)c1ccc(NC(=O)c2ccc(CS(=O)(=O)N3CCOCC3)cc2)cc1. The zero-order valence-electron chi connectivity index (χ0n) is 20.0. The van der Waals surface area contributed by atoms with Crippen molar-refractivity contribution in [2.75, 3.05) is 36.3 Å². The molecule has 4 rings (SSSR count). The van der Waals surface area contributed by atoms with E-state index < -0.39 is 26.0 Å². The molecule has 2 N–H and O–H groups in total. The zero-order valence-corrected chi connectivity index (χ0v) is 22.4. The fourth-order valence-electron chi connectivity index (χ4n) is 3.72. The maximum absolute atomic E-state index is 12.8. The molecular weight excluding hydrogens is 538 g/mol. The molecule has 0 spiro atoms. The van der Waals surface area contributed by atoms with E-state index in [0.717, 1.165) is 0 Å². The molecule has 37 heavy (non-hydrogen) atoms. The number of carbonyl (C=O) groups excluding carboxylic acids is 1. The normalized spacial score (nSPS) is 14.8. The first kappa shape index (κ1) is 27.1. The summed E-state index contributed by atoms with van der Waals surface area (Å²) in [7, 11) is -7.33. The minimum atomic E-state index is -3.86. The summed E-state index contributed by atoms with van der Waals surface area (Å²) in [5.74, 6) is -0.570. The first-order chi connectivity index (χ1) is 17.5. The fourth-order valence-corrected chi connectivity index (χ4v) is 6.52. The van der Waals surface area contributed by atoms with Crippen LogP contribution >= 0.6 is 11.6 Å². The molecule has 0 atom stereocenters. The Hall–Kier alpha value is -2.96. The van der Waals surface area contributed by atoms with E-state index in [1.165, 1.54) is 28.6 Å². The number of carbonyl (C=O) groups is 1. The highest BCUT2D eigenvalue weighted by Gasteiger charge is 2.24. The van der Waals surface area contributed by atoms with Crippen LogP contribution in [0.3, 0.4) is 0 Å². The third-order valence-electron chi connectivity index (χ3n) is 5.86. The van der Waals surface area contributed by atoms with Crippen molar-refractivity contribution < 1.29 is 26.4 Å². The number of benzene rings is 3. The van der Waals surface area contributed by atoms with Crippen molar-refractivity contribution in [3.8, 4) is 0 Å². The maximum Gasteiger partial charge on any atom is 0.261 e. The van der Waals surface area contributed by atoms with Crippen molar-refractivity contribution in [3.05, 3.63) is 88.4 Å². The predicted octanol–water partition coefficient (Wildman–Crippen LogP) is 3.86. The summed E-state index contributed by atoms with van der Waals surface area (Å²) in [5.41, 5.74) is 2.30. The lowest BCUT2D eigenvalue weighted by Gasteiger charge is -2.26. The molecule has 3 aromatic rings. The number of nitrogens with zero attached hydrogens (tertiary/aromatic N) is 1. The van der Waals surface area contributed by atoms with Gasteiger partial charge in [-0.3, -0.25) is 9.52 Å². The molecule has 1 fully saturated rings. The summed E-state index contributed by atoms with van der Waals surface area (Å²) in [6.07, 6.45) is 0. The summed E-state index contributed by atoms with van der Waals surface area (Å²) < 4.78 is 59.8. The van der Waals surface area contributed by atoms with Gasteiger partial charge in [-0.25, -0.2) is 16.8 Å². The number of morpholine rings is 1. The van der Waals surface area contributed by atoms with Crippen LogP contribution in [0.4, 0.5) is 11.4 Å².